The van der Waals surface area contributed by atoms with Gasteiger partial charge in [-0.25, -0.2) is 8.42 Å². The Morgan fingerprint density at radius 3 is 2.18 bits per heavy atom. The van der Waals surface area contributed by atoms with Crippen molar-refractivity contribution < 1.29 is 22.7 Å². The number of hydrogen-bond acceptors (Lipinski definition) is 5. The van der Waals surface area contributed by atoms with Gasteiger partial charge in [-0.15, -0.1) is 0 Å². The summed E-state index contributed by atoms with van der Waals surface area (Å²) in [5.74, 6) is -0.242. The molecule has 3 aromatic rings. The molecule has 2 amide bonds. The Bertz CT molecular complexity index is 1330. The van der Waals surface area contributed by atoms with Crippen molar-refractivity contribution in [3.63, 3.8) is 0 Å². The molecule has 0 heterocycles. The molecule has 0 radical (unpaired) electrons. The molecule has 0 saturated heterocycles. The standard InChI is InChI=1S/C29H34ClN3O5S/c1-4-31-29(35)22(3)32(20-19-23-9-7-6-8-10-23)28(34)21-33(25-13-15-26(16-14-25)38-5-2)39(36,37)27-17-11-24(30)12-18-27/h6-18,22H,4-5,19-21H2,1-3H3,(H,31,35)/t22-/m1/s1. The zero-order chi connectivity index (χ0) is 28.4. The number of rotatable bonds is 13. The van der Waals surface area contributed by atoms with Gasteiger partial charge in [0.05, 0.1) is 17.2 Å². The van der Waals surface area contributed by atoms with Crippen LogP contribution < -0.4 is 14.4 Å². The van der Waals surface area contributed by atoms with Crippen molar-refractivity contribution in [1.82, 2.24) is 10.2 Å². The van der Waals surface area contributed by atoms with E-state index < -0.39 is 28.5 Å². The van der Waals surface area contributed by atoms with Crippen LogP contribution in [0.1, 0.15) is 26.3 Å². The van der Waals surface area contributed by atoms with Crippen molar-refractivity contribution in [2.24, 2.45) is 0 Å². The summed E-state index contributed by atoms with van der Waals surface area (Å²) in [7, 11) is -4.16. The van der Waals surface area contributed by atoms with E-state index in [2.05, 4.69) is 5.32 Å². The molecule has 8 nitrogen and oxygen atoms in total. The number of nitrogens with zero attached hydrogens (tertiary/aromatic N) is 2. The minimum Gasteiger partial charge on any atom is -0.494 e. The second kappa shape index (κ2) is 14.0. The average molecular weight is 572 g/mol. The molecule has 0 unspecified atom stereocenters. The molecule has 1 N–H and O–H groups in total. The number of amides is 2. The third-order valence-corrected chi connectivity index (χ3v) is 8.16. The first-order valence-electron chi connectivity index (χ1n) is 12.8. The van der Waals surface area contributed by atoms with Crippen LogP contribution in [0.4, 0.5) is 5.69 Å². The summed E-state index contributed by atoms with van der Waals surface area (Å²) in [5, 5.41) is 3.14. The second-order valence-corrected chi connectivity index (χ2v) is 11.1. The minimum absolute atomic E-state index is 0.0128. The smallest absolute Gasteiger partial charge is 0.264 e. The van der Waals surface area contributed by atoms with E-state index in [1.165, 1.54) is 29.2 Å². The van der Waals surface area contributed by atoms with Crippen molar-refractivity contribution in [1.29, 1.82) is 0 Å². The molecule has 0 aliphatic carbocycles. The topological polar surface area (TPSA) is 96.0 Å². The lowest BCUT2D eigenvalue weighted by Gasteiger charge is -2.32. The largest absolute Gasteiger partial charge is 0.494 e. The second-order valence-electron chi connectivity index (χ2n) is 8.79. The Morgan fingerprint density at radius 1 is 0.949 bits per heavy atom. The first kappa shape index (κ1) is 30.0. The predicted octanol–water partition coefficient (Wildman–Crippen LogP) is 4.53. The summed E-state index contributed by atoms with van der Waals surface area (Å²) in [6.07, 6.45) is 0.503. The minimum atomic E-state index is -4.16. The van der Waals surface area contributed by atoms with Crippen LogP contribution >= 0.6 is 11.6 Å². The summed E-state index contributed by atoms with van der Waals surface area (Å²) in [4.78, 5) is 28.0. The van der Waals surface area contributed by atoms with Crippen LogP contribution in [0, 0.1) is 0 Å². The van der Waals surface area contributed by atoms with Gasteiger partial charge < -0.3 is 15.0 Å². The molecule has 0 saturated carbocycles. The van der Waals surface area contributed by atoms with Crippen LogP contribution in [0.15, 0.2) is 83.8 Å². The van der Waals surface area contributed by atoms with Crippen LogP contribution in [0.2, 0.25) is 5.02 Å². The number of nitrogens with one attached hydrogen (secondary N) is 1. The Kier molecular flexibility index (Phi) is 10.8. The molecule has 39 heavy (non-hydrogen) atoms. The highest BCUT2D eigenvalue weighted by Crippen LogP contribution is 2.27. The van der Waals surface area contributed by atoms with E-state index in [9.17, 15) is 18.0 Å². The number of ether oxygens (including phenoxy) is 1. The number of likely N-dealkylation sites (N-methyl/N-ethyl adjacent to an activating group) is 1. The lowest BCUT2D eigenvalue weighted by atomic mass is 10.1. The number of halogens is 1. The molecular weight excluding hydrogens is 538 g/mol. The zero-order valence-electron chi connectivity index (χ0n) is 22.3. The fraction of sp³-hybridized carbons (Fsp3) is 0.310. The van der Waals surface area contributed by atoms with Gasteiger partial charge in [0.15, 0.2) is 0 Å². The van der Waals surface area contributed by atoms with Gasteiger partial charge in [-0.3, -0.25) is 13.9 Å². The Morgan fingerprint density at radius 2 is 1.59 bits per heavy atom. The van der Waals surface area contributed by atoms with Gasteiger partial charge in [0.25, 0.3) is 10.0 Å². The molecule has 1 atom stereocenters. The Balaban J connectivity index is 1.97. The van der Waals surface area contributed by atoms with Gasteiger partial charge in [0.2, 0.25) is 11.8 Å². The first-order chi connectivity index (χ1) is 18.7. The maximum atomic E-state index is 13.8. The average Bonchev–Trinajstić information content (AvgIpc) is 2.93. The molecule has 0 aliphatic rings. The van der Waals surface area contributed by atoms with Crippen molar-refractivity contribution in [3.05, 3.63) is 89.4 Å². The van der Waals surface area contributed by atoms with E-state index in [1.807, 2.05) is 37.3 Å². The highest BCUT2D eigenvalue weighted by Gasteiger charge is 2.32. The monoisotopic (exact) mass is 571 g/mol. The SMILES string of the molecule is CCNC(=O)[C@@H](C)N(CCc1ccccc1)C(=O)CN(c1ccc(OCC)cc1)S(=O)(=O)c1ccc(Cl)cc1. The van der Waals surface area contributed by atoms with Gasteiger partial charge in [-0.05, 0) is 81.3 Å². The van der Waals surface area contributed by atoms with Crippen LogP contribution in [0.3, 0.4) is 0 Å². The molecular formula is C29H34ClN3O5S. The van der Waals surface area contributed by atoms with Gasteiger partial charge in [-0.2, -0.15) is 0 Å². The third kappa shape index (κ3) is 7.97. The molecule has 208 valence electrons. The molecule has 10 heteroatoms. The number of carbonyl (C=O) groups excluding carboxylic acids is 2. The van der Waals surface area contributed by atoms with Crippen LogP contribution in [0.5, 0.6) is 5.75 Å². The van der Waals surface area contributed by atoms with Gasteiger partial charge in [-0.1, -0.05) is 41.9 Å². The molecule has 0 bridgehead atoms. The number of hydrogen-bond donors (Lipinski definition) is 1. The van der Waals surface area contributed by atoms with E-state index in [0.29, 0.717) is 30.3 Å². The highest BCUT2D eigenvalue weighted by atomic mass is 35.5. The quantitative estimate of drug-likeness (QED) is 0.325. The Labute approximate surface area is 235 Å². The summed E-state index contributed by atoms with van der Waals surface area (Å²) in [6, 6.07) is 21.0. The molecule has 3 aromatic carbocycles. The molecule has 0 aromatic heterocycles. The van der Waals surface area contributed by atoms with Crippen LogP contribution in [-0.2, 0) is 26.0 Å². The third-order valence-electron chi connectivity index (χ3n) is 6.12. The first-order valence-corrected chi connectivity index (χ1v) is 14.6. The Hall–Kier alpha value is -3.56. The number of sulfonamides is 1. The number of carbonyl (C=O) groups is 2. The lowest BCUT2D eigenvalue weighted by molar-refractivity contribution is -0.138. The van der Waals surface area contributed by atoms with Gasteiger partial charge in [0.1, 0.15) is 18.3 Å². The predicted molar refractivity (Wildman–Crippen MR) is 154 cm³/mol. The van der Waals surface area contributed by atoms with Gasteiger partial charge >= 0.3 is 0 Å². The van der Waals surface area contributed by atoms with Crippen molar-refractivity contribution >= 4 is 39.1 Å². The van der Waals surface area contributed by atoms with Crippen molar-refractivity contribution in [3.8, 4) is 5.75 Å². The fourth-order valence-electron chi connectivity index (χ4n) is 4.03. The summed E-state index contributed by atoms with van der Waals surface area (Å²) in [6.45, 7) is 5.89. The highest BCUT2D eigenvalue weighted by molar-refractivity contribution is 7.92. The van der Waals surface area contributed by atoms with Crippen LogP contribution in [0.25, 0.3) is 0 Å². The zero-order valence-corrected chi connectivity index (χ0v) is 23.9. The molecule has 0 aliphatic heterocycles. The fourth-order valence-corrected chi connectivity index (χ4v) is 5.57. The summed E-state index contributed by atoms with van der Waals surface area (Å²) in [5.41, 5.74) is 1.28. The van der Waals surface area contributed by atoms with Gasteiger partial charge in [0, 0.05) is 18.1 Å². The van der Waals surface area contributed by atoms with Crippen molar-refractivity contribution in [2.45, 2.75) is 38.1 Å². The maximum absolute atomic E-state index is 13.8. The van der Waals surface area contributed by atoms with E-state index in [4.69, 9.17) is 16.3 Å². The van der Waals surface area contributed by atoms with E-state index in [-0.39, 0.29) is 23.0 Å². The normalized spacial score (nSPS) is 11.9. The summed E-state index contributed by atoms with van der Waals surface area (Å²) < 4.78 is 34.1. The van der Waals surface area contributed by atoms with Crippen LogP contribution in [-0.4, -0.2) is 57.4 Å². The van der Waals surface area contributed by atoms with Crippen molar-refractivity contribution in [2.75, 3.05) is 30.5 Å². The van der Waals surface area contributed by atoms with E-state index in [0.717, 1.165) is 9.87 Å². The molecule has 0 spiro atoms. The maximum Gasteiger partial charge on any atom is 0.264 e. The van der Waals surface area contributed by atoms with E-state index in [1.54, 1.807) is 38.1 Å². The molecule has 3 rings (SSSR count). The lowest BCUT2D eigenvalue weighted by Crippen LogP contribution is -2.52. The number of anilines is 1. The number of benzene rings is 3. The molecule has 0 fully saturated rings. The van der Waals surface area contributed by atoms with E-state index >= 15 is 0 Å². The summed E-state index contributed by atoms with van der Waals surface area (Å²) >= 11 is 5.99.